The summed E-state index contributed by atoms with van der Waals surface area (Å²) in [6, 6.07) is -0.401. The van der Waals surface area contributed by atoms with Crippen molar-refractivity contribution in [2.24, 2.45) is 35.3 Å². The zero-order valence-corrected chi connectivity index (χ0v) is 10.8. The van der Waals surface area contributed by atoms with Crippen LogP contribution in [0.3, 0.4) is 0 Å². The van der Waals surface area contributed by atoms with Crippen LogP contribution in [-0.2, 0) is 4.79 Å². The second-order valence-electron chi connectivity index (χ2n) is 5.84. The standard InChI is InChI=1S/C12H18ClNO.ClH/c13-12(15)11(14)10-8-2-6-1-7(4-8)5-9(10)3-6;/h6-11H,1-5,14H2;1H. The molecule has 92 valence electrons. The van der Waals surface area contributed by atoms with Gasteiger partial charge in [-0.1, -0.05) is 0 Å². The van der Waals surface area contributed by atoms with Crippen molar-refractivity contribution in [2.75, 3.05) is 0 Å². The Bertz CT molecular complexity index is 267. The number of nitrogens with two attached hydrogens (primary N) is 1. The molecule has 0 saturated heterocycles. The van der Waals surface area contributed by atoms with E-state index in [9.17, 15) is 4.79 Å². The summed E-state index contributed by atoms with van der Waals surface area (Å²) < 4.78 is 0. The number of halogens is 2. The Labute approximate surface area is 108 Å². The van der Waals surface area contributed by atoms with Crippen LogP contribution in [0.5, 0.6) is 0 Å². The molecule has 2 nitrogen and oxygen atoms in total. The van der Waals surface area contributed by atoms with Crippen LogP contribution in [0.1, 0.15) is 32.1 Å². The molecule has 0 heterocycles. The van der Waals surface area contributed by atoms with Gasteiger partial charge in [-0.15, -0.1) is 12.4 Å². The van der Waals surface area contributed by atoms with Gasteiger partial charge >= 0.3 is 0 Å². The van der Waals surface area contributed by atoms with E-state index in [0.717, 1.165) is 11.8 Å². The Kier molecular flexibility index (Phi) is 3.54. The third kappa shape index (κ3) is 1.89. The Morgan fingerprint density at radius 1 is 1.06 bits per heavy atom. The summed E-state index contributed by atoms with van der Waals surface area (Å²) >= 11 is 5.56. The van der Waals surface area contributed by atoms with Crippen molar-refractivity contribution in [3.63, 3.8) is 0 Å². The summed E-state index contributed by atoms with van der Waals surface area (Å²) in [4.78, 5) is 11.2. The maximum Gasteiger partial charge on any atom is 0.238 e. The summed E-state index contributed by atoms with van der Waals surface area (Å²) in [5, 5.41) is -0.326. The molecule has 4 heteroatoms. The first-order chi connectivity index (χ1) is 7.15. The van der Waals surface area contributed by atoms with Gasteiger partial charge in [0.2, 0.25) is 5.24 Å². The highest BCUT2D eigenvalue weighted by molar-refractivity contribution is 6.64. The lowest BCUT2D eigenvalue weighted by atomic mass is 9.50. The molecular formula is C12H19Cl2NO. The smallest absolute Gasteiger partial charge is 0.238 e. The first-order valence-electron chi connectivity index (χ1n) is 6.10. The second-order valence-corrected chi connectivity index (χ2v) is 6.21. The van der Waals surface area contributed by atoms with E-state index in [-0.39, 0.29) is 17.6 Å². The van der Waals surface area contributed by atoms with Gasteiger partial charge in [-0.05, 0) is 73.3 Å². The summed E-state index contributed by atoms with van der Waals surface area (Å²) in [6.45, 7) is 0. The number of carbonyl (C=O) groups is 1. The molecule has 4 fully saturated rings. The lowest BCUT2D eigenvalue weighted by molar-refractivity contribution is -0.119. The van der Waals surface area contributed by atoms with Crippen LogP contribution >= 0.6 is 24.0 Å². The molecule has 0 amide bonds. The van der Waals surface area contributed by atoms with Crippen LogP contribution < -0.4 is 5.73 Å². The fourth-order valence-corrected chi connectivity index (χ4v) is 4.85. The van der Waals surface area contributed by atoms with Gasteiger partial charge in [-0.3, -0.25) is 4.79 Å². The summed E-state index contributed by atoms with van der Waals surface area (Å²) in [5.41, 5.74) is 5.96. The lowest BCUT2D eigenvalue weighted by Gasteiger charge is -2.55. The molecule has 4 rings (SSSR count). The van der Waals surface area contributed by atoms with E-state index in [4.69, 9.17) is 17.3 Å². The minimum Gasteiger partial charge on any atom is -0.320 e. The quantitative estimate of drug-likeness (QED) is 0.779. The molecule has 0 aromatic rings. The molecule has 16 heavy (non-hydrogen) atoms. The summed E-state index contributed by atoms with van der Waals surface area (Å²) in [6.07, 6.45) is 6.64. The van der Waals surface area contributed by atoms with Crippen molar-refractivity contribution in [1.29, 1.82) is 0 Å². The molecule has 4 bridgehead atoms. The molecule has 1 atom stereocenters. The average Bonchev–Trinajstić information content (AvgIpc) is 2.15. The van der Waals surface area contributed by atoms with Crippen LogP contribution in [0.2, 0.25) is 0 Å². The first-order valence-corrected chi connectivity index (χ1v) is 6.48. The SMILES string of the molecule is Cl.NC(C(=O)Cl)C1C2CC3CC(C2)CC1C3. The van der Waals surface area contributed by atoms with Crippen molar-refractivity contribution in [3.05, 3.63) is 0 Å². The van der Waals surface area contributed by atoms with E-state index in [2.05, 4.69) is 0 Å². The van der Waals surface area contributed by atoms with E-state index < -0.39 is 6.04 Å². The Balaban J connectivity index is 0.000000963. The first kappa shape index (κ1) is 12.7. The van der Waals surface area contributed by atoms with Crippen molar-refractivity contribution in [1.82, 2.24) is 0 Å². The molecule has 0 aromatic carbocycles. The van der Waals surface area contributed by atoms with E-state index in [1.54, 1.807) is 0 Å². The zero-order chi connectivity index (χ0) is 10.6. The number of rotatable bonds is 2. The molecular weight excluding hydrogens is 245 g/mol. The minimum absolute atomic E-state index is 0. The molecule has 0 aliphatic heterocycles. The highest BCUT2D eigenvalue weighted by atomic mass is 35.5. The molecule has 0 aromatic heterocycles. The van der Waals surface area contributed by atoms with Crippen LogP contribution in [0.15, 0.2) is 0 Å². The number of hydrogen-bond donors (Lipinski definition) is 1. The van der Waals surface area contributed by atoms with Crippen LogP contribution in [0.25, 0.3) is 0 Å². The van der Waals surface area contributed by atoms with Crippen LogP contribution in [0.4, 0.5) is 0 Å². The van der Waals surface area contributed by atoms with Crippen molar-refractivity contribution in [3.8, 4) is 0 Å². The van der Waals surface area contributed by atoms with Crippen LogP contribution in [-0.4, -0.2) is 11.3 Å². The lowest BCUT2D eigenvalue weighted by Crippen LogP contribution is -2.53. The second kappa shape index (κ2) is 4.47. The predicted octanol–water partition coefficient (Wildman–Crippen LogP) is 2.57. The van der Waals surface area contributed by atoms with Crippen molar-refractivity contribution < 1.29 is 4.79 Å². The van der Waals surface area contributed by atoms with Gasteiger partial charge in [-0.2, -0.15) is 0 Å². The van der Waals surface area contributed by atoms with E-state index in [0.29, 0.717) is 17.8 Å². The van der Waals surface area contributed by atoms with Gasteiger partial charge in [0, 0.05) is 0 Å². The fourth-order valence-electron chi connectivity index (χ4n) is 4.70. The van der Waals surface area contributed by atoms with Gasteiger partial charge < -0.3 is 5.73 Å². The average molecular weight is 264 g/mol. The third-order valence-electron chi connectivity index (χ3n) is 4.98. The molecule has 4 aliphatic carbocycles. The van der Waals surface area contributed by atoms with Crippen LogP contribution in [0, 0.1) is 29.6 Å². The van der Waals surface area contributed by atoms with E-state index in [1.165, 1.54) is 32.1 Å². The predicted molar refractivity (Wildman–Crippen MR) is 66.6 cm³/mol. The maximum atomic E-state index is 11.2. The number of carbonyl (C=O) groups excluding carboxylic acids is 1. The highest BCUT2D eigenvalue weighted by Gasteiger charge is 2.50. The molecule has 1 unspecified atom stereocenters. The Hall–Kier alpha value is 0.210. The number of hydrogen-bond acceptors (Lipinski definition) is 2. The summed E-state index contributed by atoms with van der Waals surface area (Å²) in [7, 11) is 0. The fraction of sp³-hybridized carbons (Fsp3) is 0.917. The molecule has 4 aliphatic rings. The van der Waals surface area contributed by atoms with E-state index >= 15 is 0 Å². The van der Waals surface area contributed by atoms with Gasteiger partial charge in [0.15, 0.2) is 0 Å². The molecule has 4 saturated carbocycles. The van der Waals surface area contributed by atoms with Crippen molar-refractivity contribution >= 4 is 29.3 Å². The maximum absolute atomic E-state index is 11.2. The van der Waals surface area contributed by atoms with Gasteiger partial charge in [-0.25, -0.2) is 0 Å². The minimum atomic E-state index is -0.401. The molecule has 0 spiro atoms. The van der Waals surface area contributed by atoms with Gasteiger partial charge in [0.25, 0.3) is 0 Å². The monoisotopic (exact) mass is 263 g/mol. The van der Waals surface area contributed by atoms with Crippen molar-refractivity contribution in [2.45, 2.75) is 38.1 Å². The molecule has 2 N–H and O–H groups in total. The van der Waals surface area contributed by atoms with E-state index in [1.807, 2.05) is 0 Å². The van der Waals surface area contributed by atoms with Gasteiger partial charge in [0.05, 0.1) is 6.04 Å². The normalized spacial score (nSPS) is 46.2. The largest absolute Gasteiger partial charge is 0.320 e. The Morgan fingerprint density at radius 3 is 1.88 bits per heavy atom. The molecule has 0 radical (unpaired) electrons. The summed E-state index contributed by atoms with van der Waals surface area (Å²) in [5.74, 6) is 3.64. The third-order valence-corrected chi connectivity index (χ3v) is 5.23. The topological polar surface area (TPSA) is 43.1 Å². The highest BCUT2D eigenvalue weighted by Crippen LogP contribution is 2.57. The van der Waals surface area contributed by atoms with Gasteiger partial charge in [0.1, 0.15) is 0 Å². The Morgan fingerprint density at radius 2 is 1.50 bits per heavy atom. The zero-order valence-electron chi connectivity index (χ0n) is 9.27.